The van der Waals surface area contributed by atoms with Crippen LogP contribution in [0.25, 0.3) is 0 Å². The maximum atomic E-state index is 12.0. The SMILES string of the molecule is CCOP(=S)(OCC)C(C)N[S+]([O-])CNC(=O)ON=C(C)SC. The number of thioether (sulfide) groups is 1. The smallest absolute Gasteiger partial charge is 0.437 e. The second kappa shape index (κ2) is 12.5. The summed E-state index contributed by atoms with van der Waals surface area (Å²) in [6.45, 7) is 5.32. The Balaban J connectivity index is 4.34. The second-order valence-corrected chi connectivity index (χ2v) is 10.1. The number of carbonyl (C=O) groups is 1. The van der Waals surface area contributed by atoms with Gasteiger partial charge in [-0.1, -0.05) is 5.16 Å². The lowest BCUT2D eigenvalue weighted by atomic mass is 10.8. The average molecular weight is 406 g/mol. The van der Waals surface area contributed by atoms with Crippen LogP contribution < -0.4 is 10.0 Å². The van der Waals surface area contributed by atoms with Crippen LogP contribution in [0.15, 0.2) is 5.16 Å². The van der Waals surface area contributed by atoms with E-state index in [4.69, 9.17) is 20.9 Å². The molecule has 0 radical (unpaired) electrons. The Labute approximate surface area is 149 Å². The molecule has 12 heteroatoms. The minimum atomic E-state index is -2.58. The molecule has 0 heterocycles. The molecule has 0 bridgehead atoms. The number of rotatable bonds is 10. The first-order valence-electron chi connectivity index (χ1n) is 6.85. The summed E-state index contributed by atoms with van der Waals surface area (Å²) in [6, 6.07) is 0. The van der Waals surface area contributed by atoms with Gasteiger partial charge in [0.15, 0.2) is 0 Å². The van der Waals surface area contributed by atoms with Crippen molar-refractivity contribution in [2.75, 3.05) is 25.3 Å². The van der Waals surface area contributed by atoms with Gasteiger partial charge in [-0.2, -0.15) is 0 Å². The van der Waals surface area contributed by atoms with Gasteiger partial charge in [-0.3, -0.25) is 10.2 Å². The topological polar surface area (TPSA) is 104 Å². The molecule has 0 spiro atoms. The molecule has 0 aromatic rings. The van der Waals surface area contributed by atoms with E-state index in [0.717, 1.165) is 0 Å². The summed E-state index contributed by atoms with van der Waals surface area (Å²) in [5.74, 6) is -0.572. The van der Waals surface area contributed by atoms with Gasteiger partial charge < -0.3 is 13.6 Å². The van der Waals surface area contributed by atoms with Crippen LogP contribution in [0.4, 0.5) is 4.79 Å². The van der Waals surface area contributed by atoms with E-state index in [1.54, 1.807) is 20.1 Å². The fraction of sp³-hybridized carbons (Fsp3) is 0.818. The molecular formula is C11H24N3O5PS3. The van der Waals surface area contributed by atoms with Crippen LogP contribution in [0.3, 0.4) is 0 Å². The molecular weight excluding hydrogens is 381 g/mol. The molecule has 0 aliphatic rings. The lowest BCUT2D eigenvalue weighted by molar-refractivity contribution is 0.152. The minimum Gasteiger partial charge on any atom is -0.597 e. The predicted molar refractivity (Wildman–Crippen MR) is 99.4 cm³/mol. The summed E-state index contributed by atoms with van der Waals surface area (Å²) >= 11 is 5.19. The Morgan fingerprint density at radius 2 is 2.00 bits per heavy atom. The zero-order chi connectivity index (χ0) is 17.9. The molecule has 0 aromatic carbocycles. The van der Waals surface area contributed by atoms with Crippen molar-refractivity contribution in [2.45, 2.75) is 33.5 Å². The standard InChI is InChI=1S/C11H24N3O5PS3/c1-6-17-20(21,18-7-2)9(3)14-23(16)8-12-11(15)19-13-10(4)22-5/h9,14H,6-8H2,1-5H3,(H,12,15). The molecule has 136 valence electrons. The molecule has 23 heavy (non-hydrogen) atoms. The minimum absolute atomic E-state index is 0.148. The Morgan fingerprint density at radius 3 is 2.48 bits per heavy atom. The lowest BCUT2D eigenvalue weighted by Gasteiger charge is -2.27. The summed E-state index contributed by atoms with van der Waals surface area (Å²) in [4.78, 5) is 16.0. The van der Waals surface area contributed by atoms with Crippen LogP contribution in [-0.2, 0) is 37.1 Å². The number of nitrogens with zero attached hydrogens (tertiary/aromatic N) is 1. The van der Waals surface area contributed by atoms with Gasteiger partial charge in [0.1, 0.15) is 10.8 Å². The van der Waals surface area contributed by atoms with E-state index in [9.17, 15) is 9.35 Å². The molecule has 0 aromatic heterocycles. The number of hydrogen-bond acceptors (Lipinski definition) is 9. The molecule has 0 rings (SSSR count). The van der Waals surface area contributed by atoms with Crippen molar-refractivity contribution in [2.24, 2.45) is 5.16 Å². The van der Waals surface area contributed by atoms with Crippen LogP contribution in [-0.4, -0.2) is 46.8 Å². The molecule has 0 fully saturated rings. The summed E-state index contributed by atoms with van der Waals surface area (Å²) in [5.41, 5.74) is 0. The summed E-state index contributed by atoms with van der Waals surface area (Å²) in [7, 11) is 0. The van der Waals surface area contributed by atoms with Gasteiger partial charge in [-0.15, -0.1) is 16.5 Å². The highest BCUT2D eigenvalue weighted by Gasteiger charge is 2.30. The zero-order valence-corrected chi connectivity index (χ0v) is 17.2. The van der Waals surface area contributed by atoms with Crippen molar-refractivity contribution in [1.82, 2.24) is 10.0 Å². The van der Waals surface area contributed by atoms with E-state index in [0.29, 0.717) is 18.3 Å². The Morgan fingerprint density at radius 1 is 1.43 bits per heavy atom. The number of hydrogen-bond donors (Lipinski definition) is 2. The fourth-order valence-electron chi connectivity index (χ4n) is 1.22. The van der Waals surface area contributed by atoms with Gasteiger partial charge in [0.05, 0.1) is 24.6 Å². The van der Waals surface area contributed by atoms with Crippen LogP contribution in [0.2, 0.25) is 0 Å². The molecule has 2 atom stereocenters. The number of nitrogens with one attached hydrogen (secondary N) is 2. The summed E-state index contributed by atoms with van der Waals surface area (Å²) < 4.78 is 25.8. The highest BCUT2D eigenvalue weighted by molar-refractivity contribution is 8.13. The van der Waals surface area contributed by atoms with Gasteiger partial charge in [-0.25, -0.2) is 4.79 Å². The van der Waals surface area contributed by atoms with Crippen molar-refractivity contribution in [1.29, 1.82) is 0 Å². The Hall–Kier alpha value is 0.130. The maximum absolute atomic E-state index is 12.0. The van der Waals surface area contributed by atoms with Crippen molar-refractivity contribution in [3.05, 3.63) is 0 Å². The normalized spacial score (nSPS) is 15.1. The fourth-order valence-corrected chi connectivity index (χ4v) is 5.17. The molecule has 2 unspecified atom stereocenters. The van der Waals surface area contributed by atoms with Gasteiger partial charge in [-0.05, 0) is 45.8 Å². The quantitative estimate of drug-likeness (QED) is 0.143. The van der Waals surface area contributed by atoms with Crippen molar-refractivity contribution < 1.29 is 23.2 Å². The highest BCUT2D eigenvalue weighted by atomic mass is 32.5. The zero-order valence-electron chi connectivity index (χ0n) is 13.9. The average Bonchev–Trinajstić information content (AvgIpc) is 2.50. The van der Waals surface area contributed by atoms with Crippen molar-refractivity contribution in [3.63, 3.8) is 0 Å². The van der Waals surface area contributed by atoms with E-state index in [1.165, 1.54) is 11.8 Å². The first-order valence-corrected chi connectivity index (χ1v) is 12.1. The third-order valence-electron chi connectivity index (χ3n) is 2.29. The largest absolute Gasteiger partial charge is 0.597 e. The van der Waals surface area contributed by atoms with E-state index in [2.05, 4.69) is 20.0 Å². The molecule has 8 nitrogen and oxygen atoms in total. The van der Waals surface area contributed by atoms with Crippen molar-refractivity contribution >= 4 is 52.6 Å². The highest BCUT2D eigenvalue weighted by Crippen LogP contribution is 2.52. The van der Waals surface area contributed by atoms with Gasteiger partial charge >= 0.3 is 6.09 Å². The maximum Gasteiger partial charge on any atom is 0.437 e. The molecule has 0 saturated carbocycles. The van der Waals surface area contributed by atoms with Gasteiger partial charge in [0.2, 0.25) is 12.4 Å². The lowest BCUT2D eigenvalue weighted by Crippen LogP contribution is -2.40. The monoisotopic (exact) mass is 405 g/mol. The Bertz CT molecular complexity index is 431. The molecule has 1 amide bonds. The van der Waals surface area contributed by atoms with E-state index >= 15 is 0 Å². The number of carbonyl (C=O) groups excluding carboxylic acids is 1. The third kappa shape index (κ3) is 9.88. The second-order valence-electron chi connectivity index (χ2n) is 4.03. The molecule has 0 aliphatic heterocycles. The third-order valence-corrected chi connectivity index (χ3v) is 8.05. The Kier molecular flexibility index (Phi) is 12.6. The molecule has 0 saturated heterocycles. The van der Waals surface area contributed by atoms with Crippen LogP contribution in [0.1, 0.15) is 27.7 Å². The number of oxime groups is 1. The van der Waals surface area contributed by atoms with E-state index in [-0.39, 0.29) is 5.88 Å². The summed E-state index contributed by atoms with van der Waals surface area (Å²) in [5, 5.41) is 6.50. The molecule has 0 aliphatic carbocycles. The van der Waals surface area contributed by atoms with Crippen molar-refractivity contribution in [3.8, 4) is 0 Å². The number of amides is 1. The van der Waals surface area contributed by atoms with Gasteiger partial charge in [0, 0.05) is 0 Å². The summed E-state index contributed by atoms with van der Waals surface area (Å²) in [6.07, 6.45) is 1.02. The van der Waals surface area contributed by atoms with E-state index in [1.807, 2.05) is 13.8 Å². The predicted octanol–water partition coefficient (Wildman–Crippen LogP) is 2.35. The first kappa shape index (κ1) is 23.1. The van der Waals surface area contributed by atoms with Crippen LogP contribution in [0, 0.1) is 0 Å². The van der Waals surface area contributed by atoms with Crippen LogP contribution >= 0.6 is 18.3 Å². The first-order chi connectivity index (χ1) is 10.8. The van der Waals surface area contributed by atoms with E-state index < -0.39 is 29.7 Å². The van der Waals surface area contributed by atoms with Gasteiger partial charge in [0.25, 0.3) is 0 Å². The molecule has 2 N–H and O–H groups in total. The van der Waals surface area contributed by atoms with Crippen LogP contribution in [0.5, 0.6) is 0 Å².